The highest BCUT2D eigenvalue weighted by Crippen LogP contribution is 2.22. The summed E-state index contributed by atoms with van der Waals surface area (Å²) >= 11 is 0. The molecular formula is C17H11F3N2O3. The van der Waals surface area contributed by atoms with E-state index in [4.69, 9.17) is 0 Å². The fourth-order valence-corrected chi connectivity index (χ4v) is 2.35. The predicted molar refractivity (Wildman–Crippen MR) is 81.0 cm³/mol. The molecule has 128 valence electrons. The molecule has 1 N–H and O–H groups in total. The highest BCUT2D eigenvalue weighted by atomic mass is 19.4. The molecule has 1 aliphatic rings. The van der Waals surface area contributed by atoms with Crippen molar-refractivity contribution in [2.24, 2.45) is 4.99 Å². The van der Waals surface area contributed by atoms with Crippen LogP contribution in [0.3, 0.4) is 0 Å². The summed E-state index contributed by atoms with van der Waals surface area (Å²) in [7, 11) is 0. The second-order valence-corrected chi connectivity index (χ2v) is 5.21. The number of nitrogens with one attached hydrogen (secondary N) is 1. The van der Waals surface area contributed by atoms with Crippen LogP contribution in [0.4, 0.5) is 13.2 Å². The van der Waals surface area contributed by atoms with Gasteiger partial charge in [-0.3, -0.25) is 9.59 Å². The Bertz CT molecular complexity index is 951. The molecule has 0 aliphatic carbocycles. The molecule has 0 bridgehead atoms. The van der Waals surface area contributed by atoms with Crippen molar-refractivity contribution in [2.45, 2.75) is 12.9 Å². The molecule has 1 aliphatic heterocycles. The van der Waals surface area contributed by atoms with E-state index in [1.54, 1.807) is 18.2 Å². The Hall–Kier alpha value is -3.16. The summed E-state index contributed by atoms with van der Waals surface area (Å²) in [6.45, 7) is 0.104. The van der Waals surface area contributed by atoms with Gasteiger partial charge in [0.2, 0.25) is 0 Å². The van der Waals surface area contributed by atoms with Crippen molar-refractivity contribution in [1.82, 2.24) is 5.32 Å². The van der Waals surface area contributed by atoms with E-state index >= 15 is 0 Å². The number of halogens is 3. The van der Waals surface area contributed by atoms with Gasteiger partial charge in [-0.2, -0.15) is 0 Å². The maximum atomic E-state index is 12.3. The maximum absolute atomic E-state index is 12.3. The molecule has 2 aromatic rings. The Labute approximate surface area is 139 Å². The zero-order valence-electron chi connectivity index (χ0n) is 12.6. The molecular weight excluding hydrogens is 337 g/mol. The molecule has 0 atom stereocenters. The van der Waals surface area contributed by atoms with Gasteiger partial charge in [-0.05, 0) is 23.8 Å². The lowest BCUT2D eigenvalue weighted by molar-refractivity contribution is -0.274. The van der Waals surface area contributed by atoms with E-state index < -0.39 is 18.2 Å². The molecule has 5 nitrogen and oxygen atoms in total. The van der Waals surface area contributed by atoms with Crippen molar-refractivity contribution in [3.63, 3.8) is 0 Å². The molecule has 0 spiro atoms. The number of hydrogen-bond donors (Lipinski definition) is 1. The van der Waals surface area contributed by atoms with Crippen LogP contribution in [0.5, 0.6) is 5.75 Å². The molecule has 1 heterocycles. The van der Waals surface area contributed by atoms with Gasteiger partial charge in [-0.25, -0.2) is 4.99 Å². The summed E-state index contributed by atoms with van der Waals surface area (Å²) in [5, 5.41) is 3.53. The van der Waals surface area contributed by atoms with E-state index in [-0.39, 0.29) is 17.9 Å². The SMILES string of the molecule is O=C1C=c2cccc(C(=O)NCc3ccc(OC(F)(F)F)cc3)c2=N1. The molecule has 0 saturated carbocycles. The monoisotopic (exact) mass is 348 g/mol. The third-order valence-corrected chi connectivity index (χ3v) is 3.42. The number of carbonyl (C=O) groups excluding carboxylic acids is 2. The van der Waals surface area contributed by atoms with E-state index in [0.29, 0.717) is 16.1 Å². The fraction of sp³-hybridized carbons (Fsp3) is 0.118. The lowest BCUT2D eigenvalue weighted by Crippen LogP contribution is -2.34. The highest BCUT2D eigenvalue weighted by molar-refractivity contribution is 6.07. The Morgan fingerprint density at radius 2 is 1.84 bits per heavy atom. The number of rotatable bonds is 4. The summed E-state index contributed by atoms with van der Waals surface area (Å²) in [6.07, 6.45) is -3.41. The highest BCUT2D eigenvalue weighted by Gasteiger charge is 2.30. The lowest BCUT2D eigenvalue weighted by Gasteiger charge is -2.10. The van der Waals surface area contributed by atoms with Gasteiger partial charge in [-0.15, -0.1) is 13.2 Å². The van der Waals surface area contributed by atoms with Gasteiger partial charge in [0.25, 0.3) is 11.8 Å². The second-order valence-electron chi connectivity index (χ2n) is 5.21. The van der Waals surface area contributed by atoms with Gasteiger partial charge < -0.3 is 10.1 Å². The molecule has 2 aromatic carbocycles. The molecule has 0 unspecified atom stereocenters. The quantitative estimate of drug-likeness (QED) is 0.910. The first kappa shape index (κ1) is 16.7. The van der Waals surface area contributed by atoms with E-state index in [0.717, 1.165) is 12.1 Å². The zero-order valence-corrected chi connectivity index (χ0v) is 12.6. The minimum Gasteiger partial charge on any atom is -0.406 e. The minimum atomic E-state index is -4.75. The van der Waals surface area contributed by atoms with E-state index in [1.165, 1.54) is 18.2 Å². The summed E-state index contributed by atoms with van der Waals surface area (Å²) in [5.74, 6) is -1.19. The molecule has 3 rings (SSSR count). The topological polar surface area (TPSA) is 67.8 Å². The third-order valence-electron chi connectivity index (χ3n) is 3.42. The van der Waals surface area contributed by atoms with Crippen molar-refractivity contribution in [2.75, 3.05) is 0 Å². The fourth-order valence-electron chi connectivity index (χ4n) is 2.35. The zero-order chi connectivity index (χ0) is 18.0. The van der Waals surface area contributed by atoms with Crippen molar-refractivity contribution in [3.8, 4) is 5.75 Å². The molecule has 0 saturated heterocycles. The number of hydrogen-bond acceptors (Lipinski definition) is 3. The summed E-state index contributed by atoms with van der Waals surface area (Å²) in [5.41, 5.74) is 0.853. The molecule has 8 heteroatoms. The number of para-hydroxylation sites is 1. The number of amides is 2. The van der Waals surface area contributed by atoms with Gasteiger partial charge in [0.1, 0.15) is 5.75 Å². The molecule has 0 aromatic heterocycles. The van der Waals surface area contributed by atoms with Gasteiger partial charge >= 0.3 is 6.36 Å². The first-order valence-electron chi connectivity index (χ1n) is 7.18. The van der Waals surface area contributed by atoms with Crippen LogP contribution < -0.4 is 20.6 Å². The second kappa shape index (κ2) is 6.39. The van der Waals surface area contributed by atoms with Crippen LogP contribution in [0.1, 0.15) is 15.9 Å². The largest absolute Gasteiger partial charge is 0.573 e. The van der Waals surface area contributed by atoms with Crippen LogP contribution in [-0.4, -0.2) is 18.2 Å². The Balaban J connectivity index is 1.68. The van der Waals surface area contributed by atoms with E-state index in [1.807, 2.05) is 0 Å². The normalized spacial score (nSPS) is 12.8. The van der Waals surface area contributed by atoms with E-state index in [9.17, 15) is 22.8 Å². The number of alkyl halides is 3. The number of benzene rings is 2. The average Bonchev–Trinajstić information content (AvgIpc) is 2.92. The average molecular weight is 348 g/mol. The molecule has 0 fully saturated rings. The number of ether oxygens (including phenoxy) is 1. The van der Waals surface area contributed by atoms with Gasteiger partial charge in [-0.1, -0.05) is 24.3 Å². The van der Waals surface area contributed by atoms with E-state index in [2.05, 4.69) is 15.0 Å². The van der Waals surface area contributed by atoms with Crippen molar-refractivity contribution < 1.29 is 27.5 Å². The predicted octanol–water partition coefficient (Wildman–Crippen LogP) is 1.46. The van der Waals surface area contributed by atoms with Gasteiger partial charge in [0.15, 0.2) is 0 Å². The van der Waals surface area contributed by atoms with Crippen LogP contribution in [0.25, 0.3) is 6.08 Å². The number of nitrogens with zero attached hydrogens (tertiary/aromatic N) is 1. The van der Waals surface area contributed by atoms with Gasteiger partial charge in [0.05, 0.1) is 10.9 Å². The summed E-state index contributed by atoms with van der Waals surface area (Å²) < 4.78 is 40.1. The number of carbonyl (C=O) groups is 2. The third kappa shape index (κ3) is 4.03. The molecule has 2 amide bonds. The standard InChI is InChI=1S/C17H11F3N2O3/c18-17(19,20)25-12-6-4-10(5-7-12)9-21-16(24)13-3-1-2-11-8-14(23)22-15(11)13/h1-8H,9H2,(H,21,24). The first-order valence-corrected chi connectivity index (χ1v) is 7.18. The maximum Gasteiger partial charge on any atom is 0.573 e. The van der Waals surface area contributed by atoms with Crippen LogP contribution in [0.2, 0.25) is 0 Å². The van der Waals surface area contributed by atoms with Crippen molar-refractivity contribution >= 4 is 17.9 Å². The number of fused-ring (bicyclic) bond motifs is 1. The Morgan fingerprint density at radius 1 is 1.12 bits per heavy atom. The molecule has 0 radical (unpaired) electrons. The minimum absolute atomic E-state index is 0.104. The van der Waals surface area contributed by atoms with Crippen molar-refractivity contribution in [3.05, 3.63) is 64.2 Å². The van der Waals surface area contributed by atoms with Crippen LogP contribution in [-0.2, 0) is 11.3 Å². The smallest absolute Gasteiger partial charge is 0.406 e. The summed E-state index contributed by atoms with van der Waals surface area (Å²) in [6, 6.07) is 10.0. The first-order chi connectivity index (χ1) is 11.8. The Kier molecular flexibility index (Phi) is 4.26. The van der Waals surface area contributed by atoms with Crippen LogP contribution >= 0.6 is 0 Å². The van der Waals surface area contributed by atoms with Gasteiger partial charge in [0, 0.05) is 17.8 Å². The summed E-state index contributed by atoms with van der Waals surface area (Å²) in [4.78, 5) is 27.4. The molecule has 25 heavy (non-hydrogen) atoms. The van der Waals surface area contributed by atoms with Crippen molar-refractivity contribution in [1.29, 1.82) is 0 Å². The van der Waals surface area contributed by atoms with Crippen LogP contribution in [0.15, 0.2) is 47.5 Å². The van der Waals surface area contributed by atoms with Crippen LogP contribution in [0, 0.1) is 0 Å². The Morgan fingerprint density at radius 3 is 2.52 bits per heavy atom. The lowest BCUT2D eigenvalue weighted by atomic mass is 10.1.